The van der Waals surface area contributed by atoms with E-state index in [0.717, 1.165) is 46.8 Å². The molecule has 0 bridgehead atoms. The standard InChI is InChI=1S/C25H29N3O3S2/c1-4-13-27(18-10-7-6-8-11-18)21(29)16-32-25-26-23-22(20(5-2)17(3)33-23)24(30)28(25)15-19-12-9-14-31-19/h4,6-8,10-11,19H,1,5,9,12-16H2,2-3H3/t19-/m1/s1. The van der Waals surface area contributed by atoms with Gasteiger partial charge in [0.15, 0.2) is 5.16 Å². The van der Waals surface area contributed by atoms with Gasteiger partial charge in [-0.3, -0.25) is 14.2 Å². The minimum atomic E-state index is -0.0549. The molecule has 0 spiro atoms. The molecule has 1 aliphatic rings. The molecule has 0 aliphatic carbocycles. The van der Waals surface area contributed by atoms with Crippen molar-refractivity contribution < 1.29 is 9.53 Å². The SMILES string of the molecule is C=CCN(C(=O)CSc1nc2sc(C)c(CC)c2c(=O)n1C[C@H]1CCCO1)c1ccccc1. The third kappa shape index (κ3) is 5.08. The molecule has 3 aromatic rings. The van der Waals surface area contributed by atoms with Crippen LogP contribution in [0.2, 0.25) is 0 Å². The van der Waals surface area contributed by atoms with Gasteiger partial charge in [0.25, 0.3) is 5.56 Å². The van der Waals surface area contributed by atoms with Gasteiger partial charge in [-0.15, -0.1) is 17.9 Å². The zero-order valence-corrected chi connectivity index (χ0v) is 20.7. The van der Waals surface area contributed by atoms with Gasteiger partial charge in [-0.1, -0.05) is 43.0 Å². The van der Waals surface area contributed by atoms with Crippen LogP contribution >= 0.6 is 23.1 Å². The number of thioether (sulfide) groups is 1. The first-order valence-corrected chi connectivity index (χ1v) is 13.1. The summed E-state index contributed by atoms with van der Waals surface area (Å²) in [5.74, 6) is 0.123. The largest absolute Gasteiger partial charge is 0.376 e. The Bertz CT molecular complexity index is 1200. The van der Waals surface area contributed by atoms with Crippen LogP contribution in [0.1, 0.15) is 30.2 Å². The fourth-order valence-corrected chi connectivity index (χ4v) is 6.25. The summed E-state index contributed by atoms with van der Waals surface area (Å²) in [5.41, 5.74) is 1.87. The van der Waals surface area contributed by atoms with Crippen LogP contribution in [0.25, 0.3) is 10.2 Å². The first kappa shape index (κ1) is 23.7. The number of nitrogens with zero attached hydrogens (tertiary/aromatic N) is 3. The highest BCUT2D eigenvalue weighted by Crippen LogP contribution is 2.30. The third-order valence-corrected chi connectivity index (χ3v) is 7.85. The van der Waals surface area contributed by atoms with Gasteiger partial charge in [-0.25, -0.2) is 4.98 Å². The number of hydrogen-bond donors (Lipinski definition) is 0. The van der Waals surface area contributed by atoms with E-state index in [9.17, 15) is 9.59 Å². The quantitative estimate of drug-likeness (QED) is 0.248. The van der Waals surface area contributed by atoms with E-state index in [-0.39, 0.29) is 23.3 Å². The Morgan fingerprint density at radius 1 is 1.39 bits per heavy atom. The number of aryl methyl sites for hydroxylation is 2. The van der Waals surface area contributed by atoms with Crippen molar-refractivity contribution in [2.45, 2.75) is 50.9 Å². The van der Waals surface area contributed by atoms with E-state index in [4.69, 9.17) is 9.72 Å². The Balaban J connectivity index is 1.66. The van der Waals surface area contributed by atoms with Gasteiger partial charge >= 0.3 is 0 Å². The van der Waals surface area contributed by atoms with Crippen LogP contribution in [0, 0.1) is 6.92 Å². The Hall–Kier alpha value is -2.42. The Kier molecular flexibility index (Phi) is 7.67. The number of thiophene rings is 1. The van der Waals surface area contributed by atoms with Crippen LogP contribution in [-0.4, -0.2) is 40.5 Å². The average Bonchev–Trinajstić information content (AvgIpc) is 3.45. The van der Waals surface area contributed by atoms with Crippen LogP contribution in [0.15, 0.2) is 52.9 Å². The molecule has 1 aliphatic heterocycles. The molecular formula is C25H29N3O3S2. The number of aromatic nitrogens is 2. The first-order chi connectivity index (χ1) is 16.0. The van der Waals surface area contributed by atoms with E-state index in [0.29, 0.717) is 23.6 Å². The lowest BCUT2D eigenvalue weighted by Gasteiger charge is -2.21. The van der Waals surface area contributed by atoms with Gasteiger partial charge < -0.3 is 9.64 Å². The van der Waals surface area contributed by atoms with Crippen LogP contribution in [-0.2, 0) is 22.5 Å². The lowest BCUT2D eigenvalue weighted by atomic mass is 10.1. The maximum absolute atomic E-state index is 13.6. The summed E-state index contributed by atoms with van der Waals surface area (Å²) < 4.78 is 7.54. The summed E-state index contributed by atoms with van der Waals surface area (Å²) in [7, 11) is 0. The van der Waals surface area contributed by atoms with Crippen molar-refractivity contribution in [3.05, 3.63) is 63.8 Å². The fraction of sp³-hybridized carbons (Fsp3) is 0.400. The fourth-order valence-electron chi connectivity index (χ4n) is 4.21. The van der Waals surface area contributed by atoms with E-state index in [1.54, 1.807) is 26.9 Å². The Labute approximate surface area is 202 Å². The number of benzene rings is 1. The Morgan fingerprint density at radius 3 is 2.85 bits per heavy atom. The highest BCUT2D eigenvalue weighted by Gasteiger charge is 2.24. The predicted molar refractivity (Wildman–Crippen MR) is 137 cm³/mol. The number of hydrogen-bond acceptors (Lipinski definition) is 6. The van der Waals surface area contributed by atoms with Crippen molar-refractivity contribution in [2.75, 3.05) is 23.8 Å². The van der Waals surface area contributed by atoms with Crippen LogP contribution in [0.5, 0.6) is 0 Å². The highest BCUT2D eigenvalue weighted by atomic mass is 32.2. The average molecular weight is 484 g/mol. The number of rotatable bonds is 9. The molecule has 1 aromatic carbocycles. The van der Waals surface area contributed by atoms with Crippen LogP contribution in [0.4, 0.5) is 5.69 Å². The van der Waals surface area contributed by atoms with Crippen molar-refractivity contribution in [1.29, 1.82) is 0 Å². The summed E-state index contributed by atoms with van der Waals surface area (Å²) in [6.45, 7) is 9.51. The number of carbonyl (C=O) groups excluding carboxylic acids is 1. The van der Waals surface area contributed by atoms with Gasteiger partial charge in [-0.2, -0.15) is 0 Å². The summed E-state index contributed by atoms with van der Waals surface area (Å²) >= 11 is 2.87. The molecule has 6 nitrogen and oxygen atoms in total. The molecule has 174 valence electrons. The van der Waals surface area contributed by atoms with Gasteiger partial charge in [0.05, 0.1) is 23.8 Å². The highest BCUT2D eigenvalue weighted by molar-refractivity contribution is 7.99. The van der Waals surface area contributed by atoms with Crippen molar-refractivity contribution in [1.82, 2.24) is 9.55 Å². The van der Waals surface area contributed by atoms with E-state index in [1.807, 2.05) is 37.3 Å². The van der Waals surface area contributed by atoms with Gasteiger partial charge in [0.1, 0.15) is 4.83 Å². The number of anilines is 1. The second-order valence-corrected chi connectivity index (χ2v) is 10.2. The maximum Gasteiger partial charge on any atom is 0.263 e. The van der Waals surface area contributed by atoms with Gasteiger partial charge in [0.2, 0.25) is 5.91 Å². The van der Waals surface area contributed by atoms with Crippen LogP contribution in [0.3, 0.4) is 0 Å². The second kappa shape index (κ2) is 10.7. The second-order valence-electron chi connectivity index (χ2n) is 8.03. The molecule has 4 rings (SSSR count). The minimum Gasteiger partial charge on any atom is -0.376 e. The molecule has 1 fully saturated rings. The van der Waals surface area contributed by atoms with E-state index in [1.165, 1.54) is 11.8 Å². The molecule has 0 unspecified atom stereocenters. The van der Waals surface area contributed by atoms with E-state index >= 15 is 0 Å². The van der Waals surface area contributed by atoms with Crippen LogP contribution < -0.4 is 10.5 Å². The van der Waals surface area contributed by atoms with E-state index < -0.39 is 0 Å². The number of carbonyl (C=O) groups is 1. The molecule has 33 heavy (non-hydrogen) atoms. The van der Waals surface area contributed by atoms with Gasteiger partial charge in [0, 0.05) is 23.7 Å². The molecular weight excluding hydrogens is 454 g/mol. The Morgan fingerprint density at radius 2 is 2.18 bits per heavy atom. The number of fused-ring (bicyclic) bond motifs is 1. The molecule has 1 saturated heterocycles. The topological polar surface area (TPSA) is 64.4 Å². The van der Waals surface area contributed by atoms with Crippen molar-refractivity contribution in [2.24, 2.45) is 0 Å². The smallest absolute Gasteiger partial charge is 0.263 e. The summed E-state index contributed by atoms with van der Waals surface area (Å²) in [4.78, 5) is 35.2. The molecule has 2 aromatic heterocycles. The summed E-state index contributed by atoms with van der Waals surface area (Å²) in [6, 6.07) is 9.55. The van der Waals surface area contributed by atoms with Crippen molar-refractivity contribution in [3.8, 4) is 0 Å². The minimum absolute atomic E-state index is 0.00314. The summed E-state index contributed by atoms with van der Waals surface area (Å²) in [6.07, 6.45) is 4.44. The van der Waals surface area contributed by atoms with Crippen molar-refractivity contribution in [3.63, 3.8) is 0 Å². The molecule has 8 heteroatoms. The number of ether oxygens (including phenoxy) is 1. The molecule has 1 amide bonds. The summed E-state index contributed by atoms with van der Waals surface area (Å²) in [5, 5.41) is 1.29. The monoisotopic (exact) mass is 483 g/mol. The third-order valence-electron chi connectivity index (χ3n) is 5.85. The zero-order valence-electron chi connectivity index (χ0n) is 19.1. The first-order valence-electron chi connectivity index (χ1n) is 11.3. The number of amides is 1. The lowest BCUT2D eigenvalue weighted by Crippen LogP contribution is -2.33. The maximum atomic E-state index is 13.6. The zero-order chi connectivity index (χ0) is 23.4. The molecule has 0 radical (unpaired) electrons. The van der Waals surface area contributed by atoms with Gasteiger partial charge in [-0.05, 0) is 43.9 Å². The van der Waals surface area contributed by atoms with Crippen molar-refractivity contribution >= 4 is 44.9 Å². The molecule has 0 N–H and O–H groups in total. The van der Waals surface area contributed by atoms with E-state index in [2.05, 4.69) is 13.5 Å². The lowest BCUT2D eigenvalue weighted by molar-refractivity contribution is -0.116. The molecule has 0 saturated carbocycles. The predicted octanol–water partition coefficient (Wildman–Crippen LogP) is 4.82. The normalized spacial score (nSPS) is 15.8. The molecule has 3 heterocycles. The molecule has 1 atom stereocenters. The number of para-hydroxylation sites is 1.